The second-order valence-corrected chi connectivity index (χ2v) is 3.80. The van der Waals surface area contributed by atoms with Crippen molar-refractivity contribution in [2.75, 3.05) is 13.6 Å². The zero-order valence-electron chi connectivity index (χ0n) is 6.30. The van der Waals surface area contributed by atoms with Crippen LogP contribution in [0.1, 0.15) is 19.8 Å². The summed E-state index contributed by atoms with van der Waals surface area (Å²) in [7, 11) is 2.26. The van der Waals surface area contributed by atoms with E-state index in [4.69, 9.17) is 0 Å². The van der Waals surface area contributed by atoms with Gasteiger partial charge in [0, 0.05) is 12.6 Å². The monoisotopic (exact) mass is 125 g/mol. The van der Waals surface area contributed by atoms with E-state index in [1.807, 2.05) is 0 Å². The molecule has 0 amide bonds. The van der Waals surface area contributed by atoms with Crippen molar-refractivity contribution in [3.05, 3.63) is 0 Å². The number of fused-ring (bicyclic) bond motifs is 2. The van der Waals surface area contributed by atoms with E-state index in [1.54, 1.807) is 0 Å². The zero-order chi connectivity index (χ0) is 6.43. The minimum Gasteiger partial charge on any atom is -0.303 e. The van der Waals surface area contributed by atoms with Crippen molar-refractivity contribution >= 4 is 0 Å². The molecule has 52 valence electrons. The van der Waals surface area contributed by atoms with Crippen LogP contribution in [0.15, 0.2) is 0 Å². The Balaban J connectivity index is 2.10. The SMILES string of the molecule is C[C@@H]1C[C@H]2C[C@@H]1CN2C. The summed E-state index contributed by atoms with van der Waals surface area (Å²) in [5.74, 6) is 2.06. The average Bonchev–Trinajstić information content (AvgIpc) is 2.24. The predicted octanol–water partition coefficient (Wildman–Crippen LogP) is 1.35. The van der Waals surface area contributed by atoms with Crippen molar-refractivity contribution in [1.29, 1.82) is 0 Å². The maximum atomic E-state index is 2.52. The summed E-state index contributed by atoms with van der Waals surface area (Å²) < 4.78 is 0. The summed E-state index contributed by atoms with van der Waals surface area (Å²) in [5, 5.41) is 0. The molecule has 0 radical (unpaired) electrons. The fraction of sp³-hybridized carbons (Fsp3) is 1.00. The van der Waals surface area contributed by atoms with Gasteiger partial charge in [-0.25, -0.2) is 0 Å². The number of rotatable bonds is 0. The molecule has 1 saturated carbocycles. The molecule has 0 aromatic rings. The highest BCUT2D eigenvalue weighted by atomic mass is 15.2. The first-order valence-corrected chi connectivity index (χ1v) is 3.97. The van der Waals surface area contributed by atoms with Gasteiger partial charge in [-0.2, -0.15) is 0 Å². The quantitative estimate of drug-likeness (QED) is 0.472. The first-order valence-electron chi connectivity index (χ1n) is 3.97. The van der Waals surface area contributed by atoms with Crippen LogP contribution in [0, 0.1) is 11.8 Å². The molecule has 1 saturated heterocycles. The minimum atomic E-state index is 0.949. The van der Waals surface area contributed by atoms with Crippen LogP contribution in [0.2, 0.25) is 0 Å². The van der Waals surface area contributed by atoms with E-state index in [9.17, 15) is 0 Å². The predicted molar refractivity (Wildman–Crippen MR) is 38.3 cm³/mol. The molecular formula is C8H15N. The van der Waals surface area contributed by atoms with Gasteiger partial charge in [0.15, 0.2) is 0 Å². The molecule has 1 aliphatic carbocycles. The lowest BCUT2D eigenvalue weighted by Gasteiger charge is -2.25. The van der Waals surface area contributed by atoms with E-state index in [0.717, 1.165) is 17.9 Å². The van der Waals surface area contributed by atoms with Crippen LogP contribution in [-0.2, 0) is 0 Å². The highest BCUT2D eigenvalue weighted by Gasteiger charge is 2.40. The van der Waals surface area contributed by atoms with Gasteiger partial charge in [-0.3, -0.25) is 0 Å². The third-order valence-electron chi connectivity index (χ3n) is 3.17. The first kappa shape index (κ1) is 5.72. The van der Waals surface area contributed by atoms with Gasteiger partial charge in [-0.05, 0) is 31.7 Å². The lowest BCUT2D eigenvalue weighted by molar-refractivity contribution is 0.219. The summed E-state index contributed by atoms with van der Waals surface area (Å²) in [5.41, 5.74) is 0. The largest absolute Gasteiger partial charge is 0.303 e. The standard InChI is InChI=1S/C8H15N/c1-6-3-8-4-7(6)5-9(8)2/h6-8H,3-5H2,1-2H3/t6-,7-,8+/m1/s1. The molecule has 0 aromatic carbocycles. The van der Waals surface area contributed by atoms with E-state index in [2.05, 4.69) is 18.9 Å². The number of nitrogens with zero attached hydrogens (tertiary/aromatic N) is 1. The Labute approximate surface area is 57.0 Å². The second-order valence-electron chi connectivity index (χ2n) is 3.80. The van der Waals surface area contributed by atoms with Crippen molar-refractivity contribution in [2.45, 2.75) is 25.8 Å². The third-order valence-corrected chi connectivity index (χ3v) is 3.17. The third kappa shape index (κ3) is 0.710. The normalized spacial score (nSPS) is 50.7. The van der Waals surface area contributed by atoms with Gasteiger partial charge in [0.1, 0.15) is 0 Å². The Bertz CT molecular complexity index is 104. The van der Waals surface area contributed by atoms with Crippen molar-refractivity contribution in [3.63, 3.8) is 0 Å². The van der Waals surface area contributed by atoms with E-state index in [1.165, 1.54) is 19.4 Å². The highest BCUT2D eigenvalue weighted by Crippen LogP contribution is 2.40. The summed E-state index contributed by atoms with van der Waals surface area (Å²) >= 11 is 0. The first-order chi connectivity index (χ1) is 4.27. The van der Waals surface area contributed by atoms with Gasteiger partial charge in [0.2, 0.25) is 0 Å². The van der Waals surface area contributed by atoms with Crippen molar-refractivity contribution in [3.8, 4) is 0 Å². The Hall–Kier alpha value is -0.0400. The Morgan fingerprint density at radius 3 is 2.44 bits per heavy atom. The average molecular weight is 125 g/mol. The van der Waals surface area contributed by atoms with Crippen LogP contribution in [0.4, 0.5) is 0 Å². The van der Waals surface area contributed by atoms with Crippen LogP contribution in [-0.4, -0.2) is 24.5 Å². The van der Waals surface area contributed by atoms with E-state index in [0.29, 0.717) is 0 Å². The molecule has 2 rings (SSSR count). The van der Waals surface area contributed by atoms with Crippen molar-refractivity contribution in [2.24, 2.45) is 11.8 Å². The van der Waals surface area contributed by atoms with Crippen LogP contribution in [0.25, 0.3) is 0 Å². The Kier molecular flexibility index (Phi) is 1.10. The van der Waals surface area contributed by atoms with Gasteiger partial charge in [-0.15, -0.1) is 0 Å². The van der Waals surface area contributed by atoms with Gasteiger partial charge in [0.05, 0.1) is 0 Å². The number of hydrogen-bond acceptors (Lipinski definition) is 1. The van der Waals surface area contributed by atoms with Gasteiger partial charge >= 0.3 is 0 Å². The van der Waals surface area contributed by atoms with Crippen LogP contribution in [0.5, 0.6) is 0 Å². The second kappa shape index (κ2) is 1.72. The molecule has 2 aliphatic rings. The Morgan fingerprint density at radius 1 is 1.33 bits per heavy atom. The van der Waals surface area contributed by atoms with E-state index >= 15 is 0 Å². The summed E-state index contributed by atoms with van der Waals surface area (Å²) in [4.78, 5) is 2.52. The number of likely N-dealkylation sites (tertiary alicyclic amines) is 1. The summed E-state index contributed by atoms with van der Waals surface area (Å²) in [6.07, 6.45) is 2.94. The summed E-state index contributed by atoms with van der Waals surface area (Å²) in [6.45, 7) is 3.77. The Morgan fingerprint density at radius 2 is 2.11 bits per heavy atom. The molecule has 9 heavy (non-hydrogen) atoms. The fourth-order valence-electron chi connectivity index (χ4n) is 2.43. The van der Waals surface area contributed by atoms with E-state index < -0.39 is 0 Å². The van der Waals surface area contributed by atoms with Crippen LogP contribution < -0.4 is 0 Å². The zero-order valence-corrected chi connectivity index (χ0v) is 6.30. The van der Waals surface area contributed by atoms with Crippen molar-refractivity contribution < 1.29 is 0 Å². The minimum absolute atomic E-state index is 0.949. The molecule has 1 heterocycles. The molecule has 0 unspecified atom stereocenters. The molecule has 2 bridgehead atoms. The highest BCUT2D eigenvalue weighted by molar-refractivity contribution is 4.93. The molecule has 3 atom stereocenters. The molecule has 0 aromatic heterocycles. The smallest absolute Gasteiger partial charge is 0.00981 e. The molecular weight excluding hydrogens is 110 g/mol. The van der Waals surface area contributed by atoms with E-state index in [-0.39, 0.29) is 0 Å². The maximum absolute atomic E-state index is 2.52. The maximum Gasteiger partial charge on any atom is 0.00981 e. The summed E-state index contributed by atoms with van der Waals surface area (Å²) in [6, 6.07) is 0.949. The van der Waals surface area contributed by atoms with Crippen LogP contribution in [0.3, 0.4) is 0 Å². The number of hydrogen-bond donors (Lipinski definition) is 0. The number of piperidine rings is 1. The molecule has 0 N–H and O–H groups in total. The molecule has 2 fully saturated rings. The molecule has 1 nitrogen and oxygen atoms in total. The molecule has 1 aliphatic heterocycles. The van der Waals surface area contributed by atoms with Crippen LogP contribution >= 0.6 is 0 Å². The van der Waals surface area contributed by atoms with Gasteiger partial charge < -0.3 is 4.90 Å². The molecule has 0 spiro atoms. The lowest BCUT2D eigenvalue weighted by Crippen LogP contribution is -2.30. The topological polar surface area (TPSA) is 3.24 Å². The fourth-order valence-corrected chi connectivity index (χ4v) is 2.43. The van der Waals surface area contributed by atoms with Gasteiger partial charge in [0.25, 0.3) is 0 Å². The van der Waals surface area contributed by atoms with Gasteiger partial charge in [-0.1, -0.05) is 6.92 Å². The molecule has 1 heteroatoms. The lowest BCUT2D eigenvalue weighted by atomic mass is 9.97. The van der Waals surface area contributed by atoms with Crippen molar-refractivity contribution in [1.82, 2.24) is 4.90 Å².